The maximum Gasteiger partial charge on any atom is 0.239 e. The number of aromatic nitrogens is 2. The van der Waals surface area contributed by atoms with Crippen molar-refractivity contribution in [2.24, 2.45) is 0 Å². The van der Waals surface area contributed by atoms with E-state index in [-0.39, 0.29) is 12.5 Å². The van der Waals surface area contributed by atoms with Crippen molar-refractivity contribution in [2.45, 2.75) is 13.8 Å². The molecule has 0 saturated carbocycles. The van der Waals surface area contributed by atoms with Gasteiger partial charge in [0.25, 0.3) is 0 Å². The average molecular weight is 194 g/mol. The number of nitrogens with one attached hydrogen (secondary N) is 2. The molecule has 0 fully saturated rings. The molecule has 0 radical (unpaired) electrons. The Morgan fingerprint density at radius 3 is 3.00 bits per heavy atom. The molecule has 1 amide bonds. The molecule has 1 aromatic heterocycles. The fourth-order valence-corrected chi connectivity index (χ4v) is 0.953. The first kappa shape index (κ1) is 10.4. The van der Waals surface area contributed by atoms with Gasteiger partial charge in [0.2, 0.25) is 11.9 Å². The van der Waals surface area contributed by atoms with Crippen molar-refractivity contribution in [1.29, 1.82) is 0 Å². The van der Waals surface area contributed by atoms with E-state index in [2.05, 4.69) is 20.6 Å². The standard InChI is InChI=1S/C9H14N4O/c1-3-10-8(14)6-12-9-11-5-4-7(2)13-9/h4-5H,3,6H2,1-2H3,(H,10,14)(H,11,12,13). The predicted molar refractivity (Wildman–Crippen MR) is 53.9 cm³/mol. The minimum Gasteiger partial charge on any atom is -0.355 e. The lowest BCUT2D eigenvalue weighted by atomic mass is 10.4. The van der Waals surface area contributed by atoms with Crippen LogP contribution < -0.4 is 10.6 Å². The van der Waals surface area contributed by atoms with E-state index in [9.17, 15) is 4.79 Å². The molecule has 0 aliphatic carbocycles. The van der Waals surface area contributed by atoms with Gasteiger partial charge in [-0.1, -0.05) is 0 Å². The highest BCUT2D eigenvalue weighted by atomic mass is 16.1. The maximum absolute atomic E-state index is 11.1. The van der Waals surface area contributed by atoms with Crippen molar-refractivity contribution in [3.05, 3.63) is 18.0 Å². The highest BCUT2D eigenvalue weighted by Crippen LogP contribution is 1.97. The monoisotopic (exact) mass is 194 g/mol. The van der Waals surface area contributed by atoms with Crippen LogP contribution in [0.15, 0.2) is 12.3 Å². The van der Waals surface area contributed by atoms with Gasteiger partial charge in [0.1, 0.15) is 0 Å². The van der Waals surface area contributed by atoms with Crippen molar-refractivity contribution in [3.8, 4) is 0 Å². The predicted octanol–water partition coefficient (Wildman–Crippen LogP) is 0.333. The van der Waals surface area contributed by atoms with E-state index in [0.29, 0.717) is 12.5 Å². The highest BCUT2D eigenvalue weighted by molar-refractivity contribution is 5.80. The third kappa shape index (κ3) is 3.38. The van der Waals surface area contributed by atoms with E-state index < -0.39 is 0 Å². The molecular weight excluding hydrogens is 180 g/mol. The minimum atomic E-state index is -0.0578. The zero-order valence-corrected chi connectivity index (χ0v) is 8.37. The topological polar surface area (TPSA) is 66.9 Å². The van der Waals surface area contributed by atoms with Crippen LogP contribution in [0.5, 0.6) is 0 Å². The highest BCUT2D eigenvalue weighted by Gasteiger charge is 2.00. The molecule has 0 aliphatic heterocycles. The molecule has 76 valence electrons. The van der Waals surface area contributed by atoms with Crippen LogP contribution in [0.2, 0.25) is 0 Å². The number of hydrogen-bond donors (Lipinski definition) is 2. The summed E-state index contributed by atoms with van der Waals surface area (Å²) < 4.78 is 0. The third-order valence-corrected chi connectivity index (χ3v) is 1.58. The molecule has 14 heavy (non-hydrogen) atoms. The van der Waals surface area contributed by atoms with Gasteiger partial charge in [0, 0.05) is 18.4 Å². The van der Waals surface area contributed by atoms with Gasteiger partial charge in [-0.3, -0.25) is 4.79 Å². The average Bonchev–Trinajstić information content (AvgIpc) is 2.15. The Morgan fingerprint density at radius 2 is 2.36 bits per heavy atom. The number of carbonyl (C=O) groups excluding carboxylic acids is 1. The molecule has 0 atom stereocenters. The minimum absolute atomic E-state index is 0.0578. The summed E-state index contributed by atoms with van der Waals surface area (Å²) in [5.74, 6) is 0.425. The fourth-order valence-electron chi connectivity index (χ4n) is 0.953. The van der Waals surface area contributed by atoms with Gasteiger partial charge in [-0.15, -0.1) is 0 Å². The molecule has 0 aliphatic rings. The molecule has 5 nitrogen and oxygen atoms in total. The Kier molecular flexibility index (Phi) is 3.84. The van der Waals surface area contributed by atoms with Gasteiger partial charge < -0.3 is 10.6 Å². The van der Waals surface area contributed by atoms with E-state index in [1.807, 2.05) is 13.8 Å². The van der Waals surface area contributed by atoms with Crippen molar-refractivity contribution in [3.63, 3.8) is 0 Å². The number of amides is 1. The first-order chi connectivity index (χ1) is 6.72. The molecule has 0 bridgehead atoms. The van der Waals surface area contributed by atoms with Crippen LogP contribution in [0.4, 0.5) is 5.95 Å². The number of rotatable bonds is 4. The lowest BCUT2D eigenvalue weighted by Gasteiger charge is -2.04. The number of aryl methyl sites for hydroxylation is 1. The SMILES string of the molecule is CCNC(=O)CNc1nccc(C)n1. The lowest BCUT2D eigenvalue weighted by molar-refractivity contribution is -0.119. The number of nitrogens with zero attached hydrogens (tertiary/aromatic N) is 2. The molecule has 0 spiro atoms. The van der Waals surface area contributed by atoms with Crippen LogP contribution in [0.1, 0.15) is 12.6 Å². The summed E-state index contributed by atoms with van der Waals surface area (Å²) >= 11 is 0. The normalized spacial score (nSPS) is 9.57. The summed E-state index contributed by atoms with van der Waals surface area (Å²) in [6, 6.07) is 1.80. The summed E-state index contributed by atoms with van der Waals surface area (Å²) in [6.45, 7) is 4.59. The molecule has 1 rings (SSSR count). The quantitative estimate of drug-likeness (QED) is 0.725. The van der Waals surface area contributed by atoms with E-state index in [4.69, 9.17) is 0 Å². The van der Waals surface area contributed by atoms with Gasteiger partial charge in [0.15, 0.2) is 0 Å². The van der Waals surface area contributed by atoms with Gasteiger partial charge in [-0.05, 0) is 19.9 Å². The molecule has 1 aromatic rings. The molecule has 1 heterocycles. The number of carbonyl (C=O) groups is 1. The van der Waals surface area contributed by atoms with Gasteiger partial charge >= 0.3 is 0 Å². The van der Waals surface area contributed by atoms with E-state index >= 15 is 0 Å². The zero-order valence-electron chi connectivity index (χ0n) is 8.37. The Labute approximate surface area is 83.0 Å². The van der Waals surface area contributed by atoms with E-state index in [1.165, 1.54) is 0 Å². The Morgan fingerprint density at radius 1 is 1.57 bits per heavy atom. The second-order valence-electron chi connectivity index (χ2n) is 2.83. The van der Waals surface area contributed by atoms with E-state index in [0.717, 1.165) is 5.69 Å². The van der Waals surface area contributed by atoms with Gasteiger partial charge in [-0.2, -0.15) is 0 Å². The van der Waals surface area contributed by atoms with Crippen molar-refractivity contribution in [2.75, 3.05) is 18.4 Å². The Hall–Kier alpha value is -1.65. The molecule has 0 saturated heterocycles. The Balaban J connectivity index is 2.41. The first-order valence-corrected chi connectivity index (χ1v) is 4.52. The van der Waals surface area contributed by atoms with E-state index in [1.54, 1.807) is 12.3 Å². The molecule has 0 aromatic carbocycles. The lowest BCUT2D eigenvalue weighted by Crippen LogP contribution is -2.29. The zero-order chi connectivity index (χ0) is 10.4. The summed E-state index contributed by atoms with van der Waals surface area (Å²) in [5.41, 5.74) is 0.874. The Bertz CT molecular complexity index is 313. The second kappa shape index (κ2) is 5.16. The molecule has 2 N–H and O–H groups in total. The van der Waals surface area contributed by atoms with Gasteiger partial charge in [0.05, 0.1) is 6.54 Å². The molecular formula is C9H14N4O. The summed E-state index contributed by atoms with van der Waals surface area (Å²) in [7, 11) is 0. The van der Waals surface area contributed by atoms with Crippen LogP contribution in [0.3, 0.4) is 0 Å². The molecule has 5 heteroatoms. The number of anilines is 1. The summed E-state index contributed by atoms with van der Waals surface area (Å²) in [5, 5.41) is 5.51. The van der Waals surface area contributed by atoms with Crippen molar-refractivity contribution >= 4 is 11.9 Å². The smallest absolute Gasteiger partial charge is 0.239 e. The van der Waals surface area contributed by atoms with Crippen LogP contribution in [0, 0.1) is 6.92 Å². The van der Waals surface area contributed by atoms with Crippen molar-refractivity contribution in [1.82, 2.24) is 15.3 Å². The maximum atomic E-state index is 11.1. The fraction of sp³-hybridized carbons (Fsp3) is 0.444. The summed E-state index contributed by atoms with van der Waals surface area (Å²) in [6.07, 6.45) is 1.66. The van der Waals surface area contributed by atoms with Crippen LogP contribution in [-0.2, 0) is 4.79 Å². The third-order valence-electron chi connectivity index (χ3n) is 1.58. The van der Waals surface area contributed by atoms with Crippen LogP contribution in [-0.4, -0.2) is 29.0 Å². The second-order valence-corrected chi connectivity index (χ2v) is 2.83. The van der Waals surface area contributed by atoms with Crippen LogP contribution >= 0.6 is 0 Å². The first-order valence-electron chi connectivity index (χ1n) is 4.52. The van der Waals surface area contributed by atoms with Crippen molar-refractivity contribution < 1.29 is 4.79 Å². The van der Waals surface area contributed by atoms with Gasteiger partial charge in [-0.25, -0.2) is 9.97 Å². The molecule has 0 unspecified atom stereocenters. The number of hydrogen-bond acceptors (Lipinski definition) is 4. The largest absolute Gasteiger partial charge is 0.355 e. The van der Waals surface area contributed by atoms with Crippen LogP contribution in [0.25, 0.3) is 0 Å². The summed E-state index contributed by atoms with van der Waals surface area (Å²) in [4.78, 5) is 19.1. The number of likely N-dealkylation sites (N-methyl/N-ethyl adjacent to an activating group) is 1.